The molecule has 0 bridgehead atoms. The van der Waals surface area contributed by atoms with Gasteiger partial charge in [-0.05, 0) is 39.0 Å². The van der Waals surface area contributed by atoms with Gasteiger partial charge in [0.25, 0.3) is 0 Å². The monoisotopic (exact) mass is 281 g/mol. The van der Waals surface area contributed by atoms with Crippen molar-refractivity contribution in [3.8, 4) is 5.75 Å². The van der Waals surface area contributed by atoms with Gasteiger partial charge < -0.3 is 19.9 Å². The largest absolute Gasteiger partial charge is 0.493 e. The van der Waals surface area contributed by atoms with E-state index in [4.69, 9.17) is 19.9 Å². The molecule has 0 amide bonds. The number of hydrogen-bond acceptors (Lipinski definition) is 5. The summed E-state index contributed by atoms with van der Waals surface area (Å²) in [5.41, 5.74) is 6.24. The second-order valence-corrected chi connectivity index (χ2v) is 5.03. The van der Waals surface area contributed by atoms with Crippen LogP contribution in [0.5, 0.6) is 5.75 Å². The van der Waals surface area contributed by atoms with E-state index in [9.17, 15) is 4.79 Å². The molecule has 20 heavy (non-hydrogen) atoms. The molecule has 0 fully saturated rings. The van der Waals surface area contributed by atoms with Crippen molar-refractivity contribution in [3.63, 3.8) is 0 Å². The smallest absolute Gasteiger partial charge is 0.340 e. The predicted octanol–water partition coefficient (Wildman–Crippen LogP) is 2.64. The van der Waals surface area contributed by atoms with Gasteiger partial charge in [-0.3, -0.25) is 0 Å². The molecule has 0 radical (unpaired) electrons. The van der Waals surface area contributed by atoms with Gasteiger partial charge in [-0.15, -0.1) is 0 Å². The molecule has 0 aliphatic carbocycles. The second-order valence-electron chi connectivity index (χ2n) is 5.03. The lowest BCUT2D eigenvalue weighted by Gasteiger charge is -2.22. The molecular weight excluding hydrogens is 258 g/mol. The summed E-state index contributed by atoms with van der Waals surface area (Å²) in [6.07, 6.45) is 0.739. The number of esters is 1. The number of benzene rings is 1. The zero-order valence-corrected chi connectivity index (χ0v) is 12.6. The van der Waals surface area contributed by atoms with Gasteiger partial charge in [0.2, 0.25) is 0 Å². The van der Waals surface area contributed by atoms with Crippen LogP contribution in [0.4, 0.5) is 5.69 Å². The van der Waals surface area contributed by atoms with Crippen LogP contribution >= 0.6 is 0 Å². The zero-order valence-electron chi connectivity index (χ0n) is 12.6. The van der Waals surface area contributed by atoms with Crippen LogP contribution in [-0.2, 0) is 9.47 Å². The third kappa shape index (κ3) is 4.74. The van der Waals surface area contributed by atoms with Crippen molar-refractivity contribution in [2.45, 2.75) is 32.8 Å². The minimum atomic E-state index is -0.437. The number of nitrogens with two attached hydrogens (primary N) is 1. The van der Waals surface area contributed by atoms with Gasteiger partial charge in [0, 0.05) is 19.2 Å². The van der Waals surface area contributed by atoms with E-state index in [-0.39, 0.29) is 5.60 Å². The van der Waals surface area contributed by atoms with Crippen LogP contribution in [0, 0.1) is 0 Å². The van der Waals surface area contributed by atoms with E-state index in [1.165, 1.54) is 0 Å². The van der Waals surface area contributed by atoms with Crippen LogP contribution in [0.3, 0.4) is 0 Å². The summed E-state index contributed by atoms with van der Waals surface area (Å²) in [5, 5.41) is 0. The maximum Gasteiger partial charge on any atom is 0.340 e. The maximum atomic E-state index is 11.7. The molecule has 1 aromatic rings. The molecule has 0 aliphatic heterocycles. The van der Waals surface area contributed by atoms with E-state index in [0.29, 0.717) is 30.2 Å². The molecule has 0 saturated heterocycles. The summed E-state index contributed by atoms with van der Waals surface area (Å²) in [7, 11) is 1.67. The van der Waals surface area contributed by atoms with E-state index >= 15 is 0 Å². The van der Waals surface area contributed by atoms with Crippen molar-refractivity contribution in [1.29, 1.82) is 0 Å². The highest BCUT2D eigenvalue weighted by Crippen LogP contribution is 2.22. The fourth-order valence-corrected chi connectivity index (χ4v) is 1.53. The molecule has 0 aromatic heterocycles. The van der Waals surface area contributed by atoms with E-state index in [1.807, 2.05) is 13.8 Å². The van der Waals surface area contributed by atoms with Gasteiger partial charge in [-0.25, -0.2) is 4.79 Å². The van der Waals surface area contributed by atoms with Crippen molar-refractivity contribution < 1.29 is 19.0 Å². The van der Waals surface area contributed by atoms with Crippen molar-refractivity contribution in [1.82, 2.24) is 0 Å². The Hall–Kier alpha value is -1.75. The van der Waals surface area contributed by atoms with E-state index in [2.05, 4.69) is 0 Å². The van der Waals surface area contributed by atoms with Crippen molar-refractivity contribution in [3.05, 3.63) is 23.8 Å². The number of anilines is 1. The van der Waals surface area contributed by atoms with Crippen molar-refractivity contribution >= 4 is 11.7 Å². The first kappa shape index (κ1) is 16.3. The first-order chi connectivity index (χ1) is 9.39. The van der Waals surface area contributed by atoms with Crippen LogP contribution in [-0.4, -0.2) is 31.9 Å². The SMILES string of the molecule is CCOC(=O)c1cc(OCCC(C)(C)OC)ccc1N. The van der Waals surface area contributed by atoms with Gasteiger partial charge in [0.15, 0.2) is 0 Å². The lowest BCUT2D eigenvalue weighted by Crippen LogP contribution is -2.25. The molecule has 1 aromatic carbocycles. The molecule has 0 heterocycles. The molecule has 5 nitrogen and oxygen atoms in total. The third-order valence-electron chi connectivity index (χ3n) is 3.05. The molecule has 112 valence electrons. The van der Waals surface area contributed by atoms with Gasteiger partial charge >= 0.3 is 5.97 Å². The molecule has 5 heteroatoms. The Kier molecular flexibility index (Phi) is 5.82. The Bertz CT molecular complexity index is 457. The molecule has 0 saturated carbocycles. The minimum absolute atomic E-state index is 0.238. The van der Waals surface area contributed by atoms with Crippen LogP contribution in [0.2, 0.25) is 0 Å². The number of nitrogen functional groups attached to an aromatic ring is 1. The fraction of sp³-hybridized carbons (Fsp3) is 0.533. The minimum Gasteiger partial charge on any atom is -0.493 e. The van der Waals surface area contributed by atoms with Crippen LogP contribution in [0.1, 0.15) is 37.6 Å². The topological polar surface area (TPSA) is 70.8 Å². The average Bonchev–Trinajstić information content (AvgIpc) is 2.40. The number of hydrogen-bond donors (Lipinski definition) is 1. The Balaban J connectivity index is 2.68. The van der Waals surface area contributed by atoms with Crippen molar-refractivity contribution in [2.75, 3.05) is 26.1 Å². The lowest BCUT2D eigenvalue weighted by molar-refractivity contribution is 0.00542. The van der Waals surface area contributed by atoms with Gasteiger partial charge in [0.05, 0.1) is 24.4 Å². The van der Waals surface area contributed by atoms with E-state index in [0.717, 1.165) is 6.42 Å². The Morgan fingerprint density at radius 1 is 1.35 bits per heavy atom. The van der Waals surface area contributed by atoms with Crippen molar-refractivity contribution in [2.24, 2.45) is 0 Å². The van der Waals surface area contributed by atoms with Gasteiger partial charge in [0.1, 0.15) is 5.75 Å². The highest BCUT2D eigenvalue weighted by atomic mass is 16.5. The lowest BCUT2D eigenvalue weighted by atomic mass is 10.1. The van der Waals surface area contributed by atoms with Gasteiger partial charge in [-0.1, -0.05) is 0 Å². The standard InChI is InChI=1S/C15H23NO4/c1-5-19-14(17)12-10-11(6-7-13(12)16)20-9-8-15(2,3)18-4/h6-7,10H,5,8-9,16H2,1-4H3. The summed E-state index contributed by atoms with van der Waals surface area (Å²) in [4.78, 5) is 11.7. The van der Waals surface area contributed by atoms with Crippen LogP contribution in [0.25, 0.3) is 0 Å². The maximum absolute atomic E-state index is 11.7. The van der Waals surface area contributed by atoms with Crippen LogP contribution < -0.4 is 10.5 Å². The number of rotatable bonds is 7. The third-order valence-corrected chi connectivity index (χ3v) is 3.05. The van der Waals surface area contributed by atoms with E-state index in [1.54, 1.807) is 32.2 Å². The number of methoxy groups -OCH3 is 1. The summed E-state index contributed by atoms with van der Waals surface area (Å²) >= 11 is 0. The zero-order chi connectivity index (χ0) is 15.2. The number of carbonyl (C=O) groups is 1. The molecule has 0 unspecified atom stereocenters. The summed E-state index contributed by atoms with van der Waals surface area (Å²) in [6, 6.07) is 4.98. The highest BCUT2D eigenvalue weighted by Gasteiger charge is 2.17. The molecule has 1 rings (SSSR count). The molecule has 0 atom stereocenters. The first-order valence-electron chi connectivity index (χ1n) is 6.64. The first-order valence-corrected chi connectivity index (χ1v) is 6.64. The average molecular weight is 281 g/mol. The predicted molar refractivity (Wildman–Crippen MR) is 78.0 cm³/mol. The number of ether oxygens (including phenoxy) is 3. The fourth-order valence-electron chi connectivity index (χ4n) is 1.53. The Morgan fingerprint density at radius 2 is 2.05 bits per heavy atom. The molecule has 2 N–H and O–H groups in total. The summed E-state index contributed by atoms with van der Waals surface area (Å²) in [6.45, 7) is 6.53. The Morgan fingerprint density at radius 3 is 2.65 bits per heavy atom. The van der Waals surface area contributed by atoms with Gasteiger partial charge in [-0.2, -0.15) is 0 Å². The van der Waals surface area contributed by atoms with Crippen LogP contribution in [0.15, 0.2) is 18.2 Å². The number of carbonyl (C=O) groups excluding carboxylic acids is 1. The quantitative estimate of drug-likeness (QED) is 0.614. The molecule has 0 aliphatic rings. The van der Waals surface area contributed by atoms with E-state index < -0.39 is 5.97 Å². The molecular formula is C15H23NO4. The normalized spacial score (nSPS) is 11.2. The second kappa shape index (κ2) is 7.14. The highest BCUT2D eigenvalue weighted by molar-refractivity contribution is 5.95. The molecule has 0 spiro atoms. The summed E-state index contributed by atoms with van der Waals surface area (Å²) < 4.78 is 15.9. The Labute approximate surface area is 120 Å². The summed E-state index contributed by atoms with van der Waals surface area (Å²) in [5.74, 6) is 0.154.